The number of unbranched alkanes of at least 4 members (excludes halogenated alkanes) is 20. The fraction of sp³-hybridized carbons (Fsp3) is 0.826. The summed E-state index contributed by atoms with van der Waals surface area (Å²) in [6, 6.07) is 0. The molecule has 0 aromatic rings. The standard InChI is InChI=1S/C46H82O10/c1-3-5-7-9-11-13-15-17-18-19-20-21-23-25-27-29-31-33-35-42(49)55-39(38-54-46-45(52)44(51)43(50)40(36-47)56-46)37-53-41(48)34-32-30-28-26-24-22-16-14-12-10-8-6-4-2/h13-16,18-19,39-40,43-47,50-52H,3-12,17,20-38H2,1-2H3/b15-13-,16-14-,19-18-. The van der Waals surface area contributed by atoms with E-state index in [1.807, 2.05) is 0 Å². The Hall–Kier alpha value is -2.08. The Morgan fingerprint density at radius 3 is 1.50 bits per heavy atom. The average molecular weight is 795 g/mol. The van der Waals surface area contributed by atoms with E-state index in [2.05, 4.69) is 50.3 Å². The monoisotopic (exact) mass is 795 g/mol. The summed E-state index contributed by atoms with van der Waals surface area (Å²) in [5.74, 6) is -0.825. The summed E-state index contributed by atoms with van der Waals surface area (Å²) in [6.07, 6.45) is 34.3. The quantitative estimate of drug-likeness (QED) is 0.0272. The smallest absolute Gasteiger partial charge is 0.306 e. The van der Waals surface area contributed by atoms with Gasteiger partial charge in [-0.3, -0.25) is 9.59 Å². The van der Waals surface area contributed by atoms with E-state index >= 15 is 0 Å². The molecule has 6 atom stereocenters. The van der Waals surface area contributed by atoms with Crippen molar-refractivity contribution in [1.82, 2.24) is 0 Å². The number of carbonyl (C=O) groups is 2. The van der Waals surface area contributed by atoms with Gasteiger partial charge < -0.3 is 39.4 Å². The second kappa shape index (κ2) is 37.2. The van der Waals surface area contributed by atoms with Crippen LogP contribution in [0.4, 0.5) is 0 Å². The molecule has 1 aliphatic heterocycles. The first-order valence-electron chi connectivity index (χ1n) is 22.6. The number of allylic oxidation sites excluding steroid dienone is 6. The number of hydrogen-bond acceptors (Lipinski definition) is 10. The molecule has 0 aromatic carbocycles. The molecule has 0 aromatic heterocycles. The molecule has 1 saturated heterocycles. The molecule has 10 nitrogen and oxygen atoms in total. The molecule has 1 fully saturated rings. The lowest BCUT2D eigenvalue weighted by atomic mass is 9.99. The van der Waals surface area contributed by atoms with Crippen LogP contribution < -0.4 is 0 Å². The highest BCUT2D eigenvalue weighted by Gasteiger charge is 2.44. The summed E-state index contributed by atoms with van der Waals surface area (Å²) in [7, 11) is 0. The molecule has 56 heavy (non-hydrogen) atoms. The minimum atomic E-state index is -1.60. The van der Waals surface area contributed by atoms with Crippen LogP contribution in [0.3, 0.4) is 0 Å². The molecule has 0 saturated carbocycles. The third-order valence-corrected chi connectivity index (χ3v) is 10.2. The number of ether oxygens (including phenoxy) is 4. The van der Waals surface area contributed by atoms with Gasteiger partial charge in [-0.25, -0.2) is 0 Å². The molecule has 0 aliphatic carbocycles. The molecule has 1 rings (SSSR count). The second-order valence-corrected chi connectivity index (χ2v) is 15.5. The fourth-order valence-corrected chi connectivity index (χ4v) is 6.62. The lowest BCUT2D eigenvalue weighted by Crippen LogP contribution is -2.59. The highest BCUT2D eigenvalue weighted by molar-refractivity contribution is 5.70. The van der Waals surface area contributed by atoms with Gasteiger partial charge in [0.2, 0.25) is 0 Å². The lowest BCUT2D eigenvalue weighted by Gasteiger charge is -2.39. The molecule has 0 spiro atoms. The van der Waals surface area contributed by atoms with Crippen molar-refractivity contribution in [3.8, 4) is 0 Å². The van der Waals surface area contributed by atoms with Crippen molar-refractivity contribution in [3.05, 3.63) is 36.5 Å². The van der Waals surface area contributed by atoms with Gasteiger partial charge in [-0.2, -0.15) is 0 Å². The number of esters is 2. The number of carbonyl (C=O) groups excluding carboxylic acids is 2. The van der Waals surface area contributed by atoms with Crippen LogP contribution in [0, 0.1) is 0 Å². The van der Waals surface area contributed by atoms with Crippen molar-refractivity contribution in [3.63, 3.8) is 0 Å². The van der Waals surface area contributed by atoms with Crippen molar-refractivity contribution >= 4 is 11.9 Å². The first kappa shape index (κ1) is 51.9. The Bertz CT molecular complexity index is 1010. The van der Waals surface area contributed by atoms with E-state index in [0.717, 1.165) is 64.2 Å². The van der Waals surface area contributed by atoms with Gasteiger partial charge in [0.15, 0.2) is 12.4 Å². The Morgan fingerprint density at radius 1 is 0.554 bits per heavy atom. The van der Waals surface area contributed by atoms with Crippen LogP contribution in [0.25, 0.3) is 0 Å². The largest absolute Gasteiger partial charge is 0.462 e. The average Bonchev–Trinajstić information content (AvgIpc) is 3.19. The first-order valence-corrected chi connectivity index (χ1v) is 22.6. The van der Waals surface area contributed by atoms with Crippen LogP contribution in [-0.4, -0.2) is 89.0 Å². The van der Waals surface area contributed by atoms with E-state index < -0.39 is 49.4 Å². The van der Waals surface area contributed by atoms with E-state index in [-0.39, 0.29) is 32.0 Å². The third-order valence-electron chi connectivity index (χ3n) is 10.2. The van der Waals surface area contributed by atoms with E-state index in [0.29, 0.717) is 12.8 Å². The molecule has 1 heterocycles. The van der Waals surface area contributed by atoms with Gasteiger partial charge in [-0.15, -0.1) is 0 Å². The van der Waals surface area contributed by atoms with E-state index in [1.165, 1.54) is 83.5 Å². The predicted octanol–water partition coefficient (Wildman–Crippen LogP) is 9.50. The second-order valence-electron chi connectivity index (χ2n) is 15.5. The molecule has 10 heteroatoms. The summed E-state index contributed by atoms with van der Waals surface area (Å²) in [6.45, 7) is 3.37. The van der Waals surface area contributed by atoms with Crippen molar-refractivity contribution in [2.24, 2.45) is 0 Å². The van der Waals surface area contributed by atoms with E-state index in [1.54, 1.807) is 0 Å². The molecule has 4 N–H and O–H groups in total. The normalized spacial score (nSPS) is 20.7. The molecule has 0 amide bonds. The zero-order chi connectivity index (χ0) is 40.9. The Labute approximate surface area is 340 Å². The molecular weight excluding hydrogens is 712 g/mol. The fourth-order valence-electron chi connectivity index (χ4n) is 6.62. The molecular formula is C46H82O10. The number of aliphatic hydroxyl groups is 4. The number of rotatable bonds is 37. The summed E-state index contributed by atoms with van der Waals surface area (Å²) in [5.41, 5.74) is 0. The molecule has 1 aliphatic rings. The molecule has 0 bridgehead atoms. The van der Waals surface area contributed by atoms with Crippen LogP contribution in [0.5, 0.6) is 0 Å². The van der Waals surface area contributed by atoms with Gasteiger partial charge in [0.25, 0.3) is 0 Å². The molecule has 326 valence electrons. The van der Waals surface area contributed by atoms with Crippen molar-refractivity contribution in [1.29, 1.82) is 0 Å². The SMILES string of the molecule is CCCCCC/C=C\C/C=C\CCCCCCCCCC(=O)OC(COC(=O)CCCCCCC/C=C\CCCCCC)COC1OC(CO)C(O)C(O)C1O. The van der Waals surface area contributed by atoms with Crippen LogP contribution in [-0.2, 0) is 28.5 Å². The Morgan fingerprint density at radius 2 is 1.00 bits per heavy atom. The topological polar surface area (TPSA) is 152 Å². The van der Waals surface area contributed by atoms with Crippen molar-refractivity contribution < 1.29 is 49.0 Å². The van der Waals surface area contributed by atoms with Gasteiger partial charge >= 0.3 is 11.9 Å². The van der Waals surface area contributed by atoms with Crippen molar-refractivity contribution in [2.45, 2.75) is 224 Å². The predicted molar refractivity (Wildman–Crippen MR) is 224 cm³/mol. The Kier molecular flexibility index (Phi) is 34.5. The van der Waals surface area contributed by atoms with Crippen LogP contribution in [0.1, 0.15) is 187 Å². The summed E-state index contributed by atoms with van der Waals surface area (Å²) >= 11 is 0. The van der Waals surface area contributed by atoms with Gasteiger partial charge in [-0.1, -0.05) is 140 Å². The third kappa shape index (κ3) is 28.3. The molecule has 6 unspecified atom stereocenters. The van der Waals surface area contributed by atoms with Gasteiger partial charge in [0, 0.05) is 12.8 Å². The van der Waals surface area contributed by atoms with E-state index in [9.17, 15) is 30.0 Å². The zero-order valence-electron chi connectivity index (χ0n) is 35.4. The van der Waals surface area contributed by atoms with Gasteiger partial charge in [-0.05, 0) is 70.6 Å². The van der Waals surface area contributed by atoms with Crippen LogP contribution in [0.15, 0.2) is 36.5 Å². The summed E-state index contributed by atoms with van der Waals surface area (Å²) < 4.78 is 22.1. The molecule has 0 radical (unpaired) electrons. The minimum Gasteiger partial charge on any atom is -0.462 e. The maximum Gasteiger partial charge on any atom is 0.306 e. The highest BCUT2D eigenvalue weighted by Crippen LogP contribution is 2.22. The first-order chi connectivity index (χ1) is 27.3. The number of hydrogen-bond donors (Lipinski definition) is 4. The summed E-state index contributed by atoms with van der Waals surface area (Å²) in [4.78, 5) is 25.3. The lowest BCUT2D eigenvalue weighted by molar-refractivity contribution is -0.305. The van der Waals surface area contributed by atoms with E-state index in [4.69, 9.17) is 18.9 Å². The van der Waals surface area contributed by atoms with Crippen LogP contribution in [0.2, 0.25) is 0 Å². The number of aliphatic hydroxyl groups excluding tert-OH is 4. The zero-order valence-corrected chi connectivity index (χ0v) is 35.4. The highest BCUT2D eigenvalue weighted by atomic mass is 16.7. The maximum atomic E-state index is 12.8. The van der Waals surface area contributed by atoms with Gasteiger partial charge in [0.05, 0.1) is 13.2 Å². The summed E-state index contributed by atoms with van der Waals surface area (Å²) in [5, 5.41) is 40.1. The Balaban J connectivity index is 2.34. The maximum absolute atomic E-state index is 12.8. The van der Waals surface area contributed by atoms with Crippen molar-refractivity contribution in [2.75, 3.05) is 19.8 Å². The van der Waals surface area contributed by atoms with Gasteiger partial charge in [0.1, 0.15) is 31.0 Å². The minimum absolute atomic E-state index is 0.219. The van der Waals surface area contributed by atoms with Crippen LogP contribution >= 0.6 is 0 Å².